The van der Waals surface area contributed by atoms with Crippen LogP contribution in [0.5, 0.6) is 0 Å². The van der Waals surface area contributed by atoms with Crippen LogP contribution in [0.25, 0.3) is 6.08 Å². The van der Waals surface area contributed by atoms with E-state index in [1.54, 1.807) is 18.2 Å². The van der Waals surface area contributed by atoms with Crippen LogP contribution < -0.4 is 10.6 Å². The van der Waals surface area contributed by atoms with Gasteiger partial charge in [-0.15, -0.1) is 0 Å². The third kappa shape index (κ3) is 7.30. The van der Waals surface area contributed by atoms with Gasteiger partial charge in [0.25, 0.3) is 5.69 Å². The zero-order valence-corrected chi connectivity index (χ0v) is 14.6. The second-order valence-corrected chi connectivity index (χ2v) is 5.36. The molecule has 0 aliphatic rings. The third-order valence-corrected chi connectivity index (χ3v) is 3.62. The first-order valence-electron chi connectivity index (χ1n) is 7.70. The minimum Gasteiger partial charge on any atom is -0.361 e. The molecule has 24 heavy (non-hydrogen) atoms. The molecule has 0 heterocycles. The highest BCUT2D eigenvalue weighted by Gasteiger charge is 2.04. The van der Waals surface area contributed by atoms with E-state index >= 15 is 0 Å². The van der Waals surface area contributed by atoms with E-state index in [1.165, 1.54) is 18.2 Å². The molecule has 0 bridgehead atoms. The highest BCUT2D eigenvalue weighted by atomic mass is 32.1. The van der Waals surface area contributed by atoms with Crippen molar-refractivity contribution in [3.8, 4) is 0 Å². The van der Waals surface area contributed by atoms with Crippen LogP contribution >= 0.6 is 12.2 Å². The summed E-state index contributed by atoms with van der Waals surface area (Å²) in [6, 6.07) is 5.92. The second-order valence-electron chi connectivity index (χ2n) is 4.95. The molecule has 0 radical (unpaired) electrons. The van der Waals surface area contributed by atoms with Crippen molar-refractivity contribution >= 4 is 35.0 Å². The topological polar surface area (TPSA) is 87.5 Å². The van der Waals surface area contributed by atoms with Crippen molar-refractivity contribution in [1.29, 1.82) is 0 Å². The number of carbonyl (C=O) groups is 1. The second kappa shape index (κ2) is 10.5. The summed E-state index contributed by atoms with van der Waals surface area (Å²) in [6.07, 6.45) is 2.90. The van der Waals surface area contributed by atoms with E-state index in [2.05, 4.69) is 29.4 Å². The van der Waals surface area contributed by atoms with Gasteiger partial charge < -0.3 is 10.2 Å². The van der Waals surface area contributed by atoms with Crippen LogP contribution in [-0.4, -0.2) is 47.0 Å². The van der Waals surface area contributed by atoms with Gasteiger partial charge in [0.1, 0.15) is 0 Å². The average molecular weight is 350 g/mol. The standard InChI is InChI=1S/C16H22N4O3S/c1-3-19(4-2)12-11-17-16(24)18-15(21)10-7-13-5-8-14(9-6-13)20(22)23/h5-10H,3-4,11-12H2,1-2H3,(H2,17,18,21,24)/b10-7+. The summed E-state index contributed by atoms with van der Waals surface area (Å²) in [6.45, 7) is 7.62. The Labute approximate surface area is 146 Å². The maximum absolute atomic E-state index is 11.8. The molecule has 1 amide bonds. The first kappa shape index (κ1) is 19.7. The van der Waals surface area contributed by atoms with E-state index in [1.807, 2.05) is 0 Å². The molecule has 0 spiro atoms. The molecule has 0 aromatic heterocycles. The molecule has 0 atom stereocenters. The Morgan fingerprint density at radius 3 is 2.46 bits per heavy atom. The molecule has 0 aliphatic carbocycles. The largest absolute Gasteiger partial charge is 0.361 e. The number of amides is 1. The first-order valence-corrected chi connectivity index (χ1v) is 8.10. The monoisotopic (exact) mass is 350 g/mol. The summed E-state index contributed by atoms with van der Waals surface area (Å²) >= 11 is 5.06. The molecule has 0 aliphatic heterocycles. The number of likely N-dealkylation sites (N-methyl/N-ethyl adjacent to an activating group) is 1. The number of nitro groups is 1. The lowest BCUT2D eigenvalue weighted by atomic mass is 10.2. The first-order chi connectivity index (χ1) is 11.5. The predicted octanol–water partition coefficient (Wildman–Crippen LogP) is 1.94. The van der Waals surface area contributed by atoms with Gasteiger partial charge in [-0.05, 0) is 49.1 Å². The number of hydrogen-bond donors (Lipinski definition) is 2. The lowest BCUT2D eigenvalue weighted by Gasteiger charge is -2.18. The van der Waals surface area contributed by atoms with Gasteiger partial charge >= 0.3 is 0 Å². The van der Waals surface area contributed by atoms with Crippen molar-refractivity contribution in [1.82, 2.24) is 15.5 Å². The highest BCUT2D eigenvalue weighted by molar-refractivity contribution is 7.80. The van der Waals surface area contributed by atoms with Crippen molar-refractivity contribution in [2.75, 3.05) is 26.2 Å². The summed E-state index contributed by atoms with van der Waals surface area (Å²) in [5.74, 6) is -0.353. The van der Waals surface area contributed by atoms with Crippen LogP contribution in [0.4, 0.5) is 5.69 Å². The molecule has 0 fully saturated rings. The molecule has 0 unspecified atom stereocenters. The van der Waals surface area contributed by atoms with E-state index < -0.39 is 4.92 Å². The normalized spacial score (nSPS) is 10.8. The van der Waals surface area contributed by atoms with Crippen molar-refractivity contribution < 1.29 is 9.72 Å². The number of hydrogen-bond acceptors (Lipinski definition) is 5. The molecule has 130 valence electrons. The smallest absolute Gasteiger partial charge is 0.269 e. The molecule has 0 saturated heterocycles. The number of nitrogens with zero attached hydrogens (tertiary/aromatic N) is 2. The molecule has 7 nitrogen and oxygen atoms in total. The van der Waals surface area contributed by atoms with Gasteiger partial charge in [-0.1, -0.05) is 13.8 Å². The van der Waals surface area contributed by atoms with Gasteiger partial charge in [0.2, 0.25) is 5.91 Å². The maximum atomic E-state index is 11.8. The molecular formula is C16H22N4O3S. The van der Waals surface area contributed by atoms with Gasteiger partial charge in [0, 0.05) is 31.3 Å². The fourth-order valence-electron chi connectivity index (χ4n) is 1.94. The number of non-ortho nitro benzene ring substituents is 1. The van der Waals surface area contributed by atoms with Crippen molar-refractivity contribution in [3.63, 3.8) is 0 Å². The van der Waals surface area contributed by atoms with Crippen molar-refractivity contribution in [2.24, 2.45) is 0 Å². The molecule has 2 N–H and O–H groups in total. The van der Waals surface area contributed by atoms with Crippen molar-refractivity contribution in [3.05, 3.63) is 46.0 Å². The zero-order chi connectivity index (χ0) is 17.9. The minimum atomic E-state index is -0.470. The average Bonchev–Trinajstić information content (AvgIpc) is 2.57. The fraction of sp³-hybridized carbons (Fsp3) is 0.375. The highest BCUT2D eigenvalue weighted by Crippen LogP contribution is 2.12. The summed E-state index contributed by atoms with van der Waals surface area (Å²) in [5, 5.41) is 16.4. The number of benzene rings is 1. The molecular weight excluding hydrogens is 328 g/mol. The number of nitrogens with one attached hydrogen (secondary N) is 2. The Hall–Kier alpha value is -2.32. The van der Waals surface area contributed by atoms with Crippen molar-refractivity contribution in [2.45, 2.75) is 13.8 Å². The number of rotatable bonds is 8. The Kier molecular flexibility index (Phi) is 8.59. The van der Waals surface area contributed by atoms with Crippen LogP contribution in [0, 0.1) is 10.1 Å². The fourth-order valence-corrected chi connectivity index (χ4v) is 2.15. The summed E-state index contributed by atoms with van der Waals surface area (Å²) < 4.78 is 0. The van der Waals surface area contributed by atoms with Crippen LogP contribution in [0.2, 0.25) is 0 Å². The summed E-state index contributed by atoms with van der Waals surface area (Å²) in [4.78, 5) is 24.1. The quantitative estimate of drug-likeness (QED) is 0.322. The third-order valence-electron chi connectivity index (χ3n) is 3.38. The van der Waals surface area contributed by atoms with Gasteiger partial charge in [0.05, 0.1) is 4.92 Å². The van der Waals surface area contributed by atoms with E-state index in [9.17, 15) is 14.9 Å². The van der Waals surface area contributed by atoms with Crippen LogP contribution in [-0.2, 0) is 4.79 Å². The van der Waals surface area contributed by atoms with Crippen LogP contribution in [0.3, 0.4) is 0 Å². The summed E-state index contributed by atoms with van der Waals surface area (Å²) in [7, 11) is 0. The van der Waals surface area contributed by atoms with Gasteiger partial charge in [0.15, 0.2) is 5.11 Å². The van der Waals surface area contributed by atoms with Gasteiger partial charge in [-0.2, -0.15) is 0 Å². The lowest BCUT2D eigenvalue weighted by Crippen LogP contribution is -2.42. The summed E-state index contributed by atoms with van der Waals surface area (Å²) in [5.41, 5.74) is 0.700. The molecule has 0 saturated carbocycles. The van der Waals surface area contributed by atoms with Crippen LogP contribution in [0.1, 0.15) is 19.4 Å². The zero-order valence-electron chi connectivity index (χ0n) is 13.8. The molecule has 1 aromatic carbocycles. The van der Waals surface area contributed by atoms with E-state index in [-0.39, 0.29) is 16.7 Å². The number of nitro benzene ring substituents is 1. The van der Waals surface area contributed by atoms with Crippen LogP contribution in [0.15, 0.2) is 30.3 Å². The van der Waals surface area contributed by atoms with E-state index in [4.69, 9.17) is 12.2 Å². The Bertz CT molecular complexity index is 598. The molecule has 8 heteroatoms. The Morgan fingerprint density at radius 2 is 1.92 bits per heavy atom. The van der Waals surface area contributed by atoms with E-state index in [0.29, 0.717) is 12.1 Å². The molecule has 1 rings (SSSR count). The minimum absolute atomic E-state index is 0.00943. The molecule has 1 aromatic rings. The predicted molar refractivity (Wildman–Crippen MR) is 98.7 cm³/mol. The maximum Gasteiger partial charge on any atom is 0.269 e. The van der Waals surface area contributed by atoms with E-state index in [0.717, 1.165) is 19.6 Å². The Morgan fingerprint density at radius 1 is 1.29 bits per heavy atom. The van der Waals surface area contributed by atoms with Gasteiger partial charge in [-0.3, -0.25) is 20.2 Å². The number of carbonyl (C=O) groups excluding carboxylic acids is 1. The van der Waals surface area contributed by atoms with Gasteiger partial charge in [-0.25, -0.2) is 0 Å². The Balaban J connectivity index is 2.39. The number of thiocarbonyl (C=S) groups is 1. The lowest BCUT2D eigenvalue weighted by molar-refractivity contribution is -0.384. The SMILES string of the molecule is CCN(CC)CCNC(=S)NC(=O)/C=C/c1ccc([N+](=O)[O-])cc1.